The van der Waals surface area contributed by atoms with Crippen LogP contribution in [0.3, 0.4) is 0 Å². The van der Waals surface area contributed by atoms with Crippen molar-refractivity contribution in [2.45, 2.75) is 23.5 Å². The van der Waals surface area contributed by atoms with Gasteiger partial charge in [0.1, 0.15) is 0 Å². The Morgan fingerprint density at radius 2 is 2.35 bits per heavy atom. The number of amides is 1. The number of thioether (sulfide) groups is 1. The zero-order chi connectivity index (χ0) is 12.3. The Morgan fingerprint density at radius 1 is 1.53 bits per heavy atom. The third kappa shape index (κ3) is 2.92. The summed E-state index contributed by atoms with van der Waals surface area (Å²) in [6.07, 6.45) is 0.940. The summed E-state index contributed by atoms with van der Waals surface area (Å²) in [5.41, 5.74) is 7.36. The van der Waals surface area contributed by atoms with Crippen molar-refractivity contribution in [1.29, 1.82) is 0 Å². The maximum absolute atomic E-state index is 11.6. The molecule has 92 valence electrons. The van der Waals surface area contributed by atoms with Crippen LogP contribution in [0.25, 0.3) is 0 Å². The molecular weight excluding hydrogens is 234 g/mol. The topological polar surface area (TPSA) is 67.2 Å². The monoisotopic (exact) mass is 251 g/mol. The largest absolute Gasteiger partial charge is 0.385 e. The minimum Gasteiger partial charge on any atom is -0.385 e. The highest BCUT2D eigenvalue weighted by Gasteiger charge is 2.22. The van der Waals surface area contributed by atoms with Gasteiger partial charge in [-0.2, -0.15) is 0 Å². The lowest BCUT2D eigenvalue weighted by atomic mass is 10.2. The fourth-order valence-corrected chi connectivity index (χ4v) is 2.58. The van der Waals surface area contributed by atoms with E-state index in [1.165, 1.54) is 0 Å². The van der Waals surface area contributed by atoms with E-state index < -0.39 is 0 Å². The number of fused-ring (bicyclic) bond motifs is 1. The molecule has 0 radical (unpaired) electrons. The van der Waals surface area contributed by atoms with Gasteiger partial charge < -0.3 is 16.4 Å². The van der Waals surface area contributed by atoms with Crippen LogP contribution in [0.2, 0.25) is 0 Å². The number of rotatable bonds is 4. The van der Waals surface area contributed by atoms with Crippen molar-refractivity contribution in [1.82, 2.24) is 0 Å². The van der Waals surface area contributed by atoms with E-state index in [9.17, 15) is 4.79 Å². The van der Waals surface area contributed by atoms with Crippen molar-refractivity contribution in [2.24, 2.45) is 5.73 Å². The first kappa shape index (κ1) is 12.3. The van der Waals surface area contributed by atoms with Gasteiger partial charge >= 0.3 is 0 Å². The van der Waals surface area contributed by atoms with E-state index in [1.807, 2.05) is 25.1 Å². The second-order valence-corrected chi connectivity index (χ2v) is 5.41. The van der Waals surface area contributed by atoms with Crippen LogP contribution in [0.5, 0.6) is 0 Å². The average Bonchev–Trinajstić information content (AvgIpc) is 2.31. The standard InChI is InChI=1S/C12H17N3OS/c1-8-12(16)15-10-7-9(14-6-2-5-13)3-4-11(10)17-8/h3-4,7-8,14H,2,5-6,13H2,1H3,(H,15,16). The van der Waals surface area contributed by atoms with Gasteiger partial charge in [-0.25, -0.2) is 0 Å². The van der Waals surface area contributed by atoms with Gasteiger partial charge in [0.25, 0.3) is 0 Å². The highest BCUT2D eigenvalue weighted by atomic mass is 32.2. The zero-order valence-corrected chi connectivity index (χ0v) is 10.6. The summed E-state index contributed by atoms with van der Waals surface area (Å²) in [6.45, 7) is 3.45. The third-order valence-electron chi connectivity index (χ3n) is 2.62. The Balaban J connectivity index is 2.09. The molecule has 0 aliphatic carbocycles. The van der Waals surface area contributed by atoms with Gasteiger partial charge in [-0.05, 0) is 38.1 Å². The molecule has 4 N–H and O–H groups in total. The molecule has 4 nitrogen and oxygen atoms in total. The van der Waals surface area contributed by atoms with Crippen LogP contribution in [0, 0.1) is 0 Å². The van der Waals surface area contributed by atoms with Gasteiger partial charge in [-0.15, -0.1) is 11.8 Å². The maximum Gasteiger partial charge on any atom is 0.237 e. The van der Waals surface area contributed by atoms with Gasteiger partial charge in [0.05, 0.1) is 10.9 Å². The molecule has 0 fully saturated rings. The number of carbonyl (C=O) groups excluding carboxylic acids is 1. The van der Waals surface area contributed by atoms with Gasteiger partial charge in [-0.3, -0.25) is 4.79 Å². The maximum atomic E-state index is 11.6. The van der Waals surface area contributed by atoms with E-state index in [0.717, 1.165) is 29.2 Å². The molecule has 17 heavy (non-hydrogen) atoms. The van der Waals surface area contributed by atoms with Crippen LogP contribution in [0.4, 0.5) is 11.4 Å². The van der Waals surface area contributed by atoms with Crippen molar-refractivity contribution in [2.75, 3.05) is 23.7 Å². The Labute approximate surface area is 105 Å². The molecule has 1 heterocycles. The summed E-state index contributed by atoms with van der Waals surface area (Å²) >= 11 is 1.60. The highest BCUT2D eigenvalue weighted by Crippen LogP contribution is 2.36. The number of nitrogens with two attached hydrogens (primary N) is 1. The summed E-state index contributed by atoms with van der Waals surface area (Å²) in [5.74, 6) is 0.0709. The number of benzene rings is 1. The Morgan fingerprint density at radius 3 is 3.12 bits per heavy atom. The molecule has 0 saturated heterocycles. The van der Waals surface area contributed by atoms with E-state index in [1.54, 1.807) is 11.8 Å². The lowest BCUT2D eigenvalue weighted by Gasteiger charge is -2.22. The SMILES string of the molecule is CC1Sc2ccc(NCCCN)cc2NC1=O. The van der Waals surface area contributed by atoms with E-state index in [-0.39, 0.29) is 11.2 Å². The highest BCUT2D eigenvalue weighted by molar-refractivity contribution is 8.00. The first-order chi connectivity index (χ1) is 8.20. The number of anilines is 2. The quantitative estimate of drug-likeness (QED) is 0.715. The molecule has 1 aliphatic heterocycles. The molecule has 1 atom stereocenters. The van der Waals surface area contributed by atoms with E-state index in [2.05, 4.69) is 10.6 Å². The summed E-state index contributed by atoms with van der Waals surface area (Å²) in [4.78, 5) is 12.7. The van der Waals surface area contributed by atoms with Crippen molar-refractivity contribution >= 4 is 29.0 Å². The molecule has 2 rings (SSSR count). The van der Waals surface area contributed by atoms with Crippen LogP contribution in [-0.4, -0.2) is 24.2 Å². The predicted octanol–water partition coefficient (Wildman–Crippen LogP) is 1.88. The second-order valence-electron chi connectivity index (χ2n) is 4.03. The molecule has 1 aromatic carbocycles. The zero-order valence-electron chi connectivity index (χ0n) is 9.82. The number of carbonyl (C=O) groups is 1. The van der Waals surface area contributed by atoms with Crippen LogP contribution >= 0.6 is 11.8 Å². The summed E-state index contributed by atoms with van der Waals surface area (Å²) in [7, 11) is 0. The van der Waals surface area contributed by atoms with Crippen LogP contribution < -0.4 is 16.4 Å². The molecule has 0 aromatic heterocycles. The lowest BCUT2D eigenvalue weighted by molar-refractivity contribution is -0.115. The minimum atomic E-state index is -0.0152. The minimum absolute atomic E-state index is 0.0152. The van der Waals surface area contributed by atoms with Crippen LogP contribution in [0.15, 0.2) is 23.1 Å². The van der Waals surface area contributed by atoms with Gasteiger partial charge in [0, 0.05) is 17.1 Å². The van der Waals surface area contributed by atoms with Crippen molar-refractivity contribution in [3.63, 3.8) is 0 Å². The normalized spacial score (nSPS) is 18.5. The molecule has 0 bridgehead atoms. The summed E-state index contributed by atoms with van der Waals surface area (Å²) < 4.78 is 0. The average molecular weight is 251 g/mol. The van der Waals surface area contributed by atoms with E-state index in [0.29, 0.717) is 6.54 Å². The molecule has 0 saturated carbocycles. The number of hydrogen-bond donors (Lipinski definition) is 3. The first-order valence-corrected chi connectivity index (χ1v) is 6.64. The third-order valence-corrected chi connectivity index (χ3v) is 3.80. The van der Waals surface area contributed by atoms with Gasteiger partial charge in [0.2, 0.25) is 5.91 Å². The van der Waals surface area contributed by atoms with Crippen molar-refractivity contribution < 1.29 is 4.79 Å². The fraction of sp³-hybridized carbons (Fsp3) is 0.417. The Hall–Kier alpha value is -1.20. The Bertz CT molecular complexity index is 422. The van der Waals surface area contributed by atoms with E-state index >= 15 is 0 Å². The molecule has 5 heteroatoms. The van der Waals surface area contributed by atoms with E-state index in [4.69, 9.17) is 5.73 Å². The van der Waals surface area contributed by atoms with Crippen molar-refractivity contribution in [3.8, 4) is 0 Å². The molecule has 1 aromatic rings. The predicted molar refractivity (Wildman–Crippen MR) is 72.6 cm³/mol. The van der Waals surface area contributed by atoms with Crippen molar-refractivity contribution in [3.05, 3.63) is 18.2 Å². The Kier molecular flexibility index (Phi) is 3.91. The summed E-state index contributed by atoms with van der Waals surface area (Å²) in [6, 6.07) is 6.05. The first-order valence-electron chi connectivity index (χ1n) is 5.76. The number of hydrogen-bond acceptors (Lipinski definition) is 4. The van der Waals surface area contributed by atoms with Crippen LogP contribution in [-0.2, 0) is 4.79 Å². The molecule has 0 spiro atoms. The summed E-state index contributed by atoms with van der Waals surface area (Å²) in [5, 5.41) is 6.18. The fourth-order valence-electron chi connectivity index (χ4n) is 1.65. The lowest BCUT2D eigenvalue weighted by Crippen LogP contribution is -2.26. The molecule has 1 amide bonds. The smallest absolute Gasteiger partial charge is 0.237 e. The molecular formula is C12H17N3OS. The molecule has 1 unspecified atom stereocenters. The second kappa shape index (κ2) is 5.42. The molecule has 1 aliphatic rings. The van der Waals surface area contributed by atoms with Crippen LogP contribution in [0.1, 0.15) is 13.3 Å². The number of nitrogens with one attached hydrogen (secondary N) is 2. The van der Waals surface area contributed by atoms with Gasteiger partial charge in [-0.1, -0.05) is 0 Å². The van der Waals surface area contributed by atoms with Gasteiger partial charge in [0.15, 0.2) is 0 Å².